The van der Waals surface area contributed by atoms with Gasteiger partial charge in [-0.15, -0.1) is 0 Å². The van der Waals surface area contributed by atoms with Crippen LogP contribution in [0.25, 0.3) is 0 Å². The normalized spacial score (nSPS) is 17.4. The quantitative estimate of drug-likeness (QED) is 0.812. The Hall–Kier alpha value is -2.00. The van der Waals surface area contributed by atoms with Crippen LogP contribution < -0.4 is 10.6 Å². The molecule has 0 aliphatic carbocycles. The largest absolute Gasteiger partial charge is 0.398 e. The zero-order valence-corrected chi connectivity index (χ0v) is 12.6. The first-order valence-electron chi connectivity index (χ1n) is 7.05. The number of halogens is 1. The van der Waals surface area contributed by atoms with Gasteiger partial charge in [0.2, 0.25) is 0 Å². The molecule has 2 aromatic carbocycles. The molecule has 0 saturated carbocycles. The van der Waals surface area contributed by atoms with Crippen molar-refractivity contribution in [2.75, 3.05) is 10.6 Å². The third-order valence-electron chi connectivity index (χ3n) is 4.00. The summed E-state index contributed by atoms with van der Waals surface area (Å²) in [5, 5.41) is 0.331. The van der Waals surface area contributed by atoms with E-state index in [1.807, 2.05) is 23.1 Å². The van der Waals surface area contributed by atoms with Gasteiger partial charge in [-0.1, -0.05) is 35.9 Å². The molecule has 1 amide bonds. The van der Waals surface area contributed by atoms with E-state index in [9.17, 15) is 4.79 Å². The molecule has 108 valence electrons. The first-order chi connectivity index (χ1) is 10.1. The highest BCUT2D eigenvalue weighted by atomic mass is 35.5. The monoisotopic (exact) mass is 300 g/mol. The zero-order chi connectivity index (χ0) is 15.0. The van der Waals surface area contributed by atoms with E-state index in [4.69, 9.17) is 17.3 Å². The summed E-state index contributed by atoms with van der Waals surface area (Å²) in [6.07, 6.45) is 1.94. The lowest BCUT2D eigenvalue weighted by molar-refractivity contribution is 0.0975. The van der Waals surface area contributed by atoms with Crippen LogP contribution in [0.3, 0.4) is 0 Å². The molecule has 2 N–H and O–H groups in total. The molecular weight excluding hydrogens is 284 g/mol. The van der Waals surface area contributed by atoms with Crippen molar-refractivity contribution in [1.29, 1.82) is 0 Å². The third kappa shape index (κ3) is 2.38. The summed E-state index contributed by atoms with van der Waals surface area (Å²) < 4.78 is 0. The number of hydrogen-bond acceptors (Lipinski definition) is 2. The van der Waals surface area contributed by atoms with E-state index in [1.165, 1.54) is 5.56 Å². The second kappa shape index (κ2) is 5.41. The van der Waals surface area contributed by atoms with Crippen molar-refractivity contribution < 1.29 is 4.79 Å². The van der Waals surface area contributed by atoms with Gasteiger partial charge < -0.3 is 10.6 Å². The number of nitrogens with zero attached hydrogens (tertiary/aromatic N) is 1. The number of para-hydroxylation sites is 1. The van der Waals surface area contributed by atoms with Crippen LogP contribution in [0.15, 0.2) is 42.5 Å². The zero-order valence-electron chi connectivity index (χ0n) is 11.8. The van der Waals surface area contributed by atoms with Crippen molar-refractivity contribution in [3.8, 4) is 0 Å². The van der Waals surface area contributed by atoms with Crippen LogP contribution in [-0.4, -0.2) is 11.9 Å². The van der Waals surface area contributed by atoms with Crippen molar-refractivity contribution in [2.45, 2.75) is 25.8 Å². The molecule has 1 unspecified atom stereocenters. The average Bonchev–Trinajstić information content (AvgIpc) is 2.49. The number of aryl methyl sites for hydroxylation is 1. The van der Waals surface area contributed by atoms with Gasteiger partial charge in [-0.3, -0.25) is 4.79 Å². The van der Waals surface area contributed by atoms with Gasteiger partial charge in [-0.05, 0) is 43.5 Å². The molecule has 0 saturated heterocycles. The van der Waals surface area contributed by atoms with Crippen molar-refractivity contribution in [3.63, 3.8) is 0 Å². The highest BCUT2D eigenvalue weighted by molar-refractivity contribution is 6.37. The Morgan fingerprint density at radius 3 is 2.81 bits per heavy atom. The number of rotatable bonds is 1. The fourth-order valence-corrected chi connectivity index (χ4v) is 3.05. The lowest BCUT2D eigenvalue weighted by atomic mass is 9.95. The van der Waals surface area contributed by atoms with Gasteiger partial charge in [-0.25, -0.2) is 0 Å². The topological polar surface area (TPSA) is 46.3 Å². The van der Waals surface area contributed by atoms with Gasteiger partial charge in [0.1, 0.15) is 0 Å². The van der Waals surface area contributed by atoms with Crippen LogP contribution in [0, 0.1) is 0 Å². The first kappa shape index (κ1) is 14.0. The standard InChI is InChI=1S/C17H17ClN2O/c1-11-9-10-12-5-2-3-8-15(12)20(11)17(21)13-6-4-7-14(19)16(13)18/h2-8,11H,9-10,19H2,1H3. The van der Waals surface area contributed by atoms with E-state index in [2.05, 4.69) is 13.0 Å². The Kier molecular flexibility index (Phi) is 3.60. The van der Waals surface area contributed by atoms with E-state index in [0.29, 0.717) is 16.3 Å². The molecule has 3 nitrogen and oxygen atoms in total. The summed E-state index contributed by atoms with van der Waals surface area (Å²) in [5.74, 6) is -0.0908. The minimum Gasteiger partial charge on any atom is -0.398 e. The Balaban J connectivity index is 2.07. The first-order valence-corrected chi connectivity index (χ1v) is 7.43. The number of carbonyl (C=O) groups is 1. The third-order valence-corrected chi connectivity index (χ3v) is 4.42. The molecule has 4 heteroatoms. The molecule has 1 aliphatic heterocycles. The number of carbonyl (C=O) groups excluding carboxylic acids is 1. The summed E-state index contributed by atoms with van der Waals surface area (Å²) in [5.41, 5.74) is 8.87. The molecule has 1 aliphatic rings. The maximum absolute atomic E-state index is 12.9. The number of amides is 1. The second-order valence-electron chi connectivity index (χ2n) is 5.40. The molecule has 0 aromatic heterocycles. The van der Waals surface area contributed by atoms with Crippen LogP contribution in [0.1, 0.15) is 29.3 Å². The lowest BCUT2D eigenvalue weighted by Crippen LogP contribution is -2.42. The van der Waals surface area contributed by atoms with Gasteiger partial charge in [0.15, 0.2) is 0 Å². The van der Waals surface area contributed by atoms with E-state index >= 15 is 0 Å². The summed E-state index contributed by atoms with van der Waals surface area (Å²) >= 11 is 6.21. The Morgan fingerprint density at radius 1 is 1.24 bits per heavy atom. The smallest absolute Gasteiger partial charge is 0.260 e. The van der Waals surface area contributed by atoms with Gasteiger partial charge >= 0.3 is 0 Å². The predicted molar refractivity (Wildman–Crippen MR) is 86.9 cm³/mol. The molecule has 1 atom stereocenters. The second-order valence-corrected chi connectivity index (χ2v) is 5.78. The predicted octanol–water partition coefficient (Wildman–Crippen LogP) is 3.90. The number of fused-ring (bicyclic) bond motifs is 1. The molecule has 3 rings (SSSR count). The van der Waals surface area contributed by atoms with Gasteiger partial charge in [0.05, 0.1) is 16.3 Å². The molecule has 0 fully saturated rings. The van der Waals surface area contributed by atoms with Gasteiger partial charge in [-0.2, -0.15) is 0 Å². The minimum atomic E-state index is -0.0908. The Morgan fingerprint density at radius 2 is 2.00 bits per heavy atom. The Bertz CT molecular complexity index is 699. The van der Waals surface area contributed by atoms with Crippen molar-refractivity contribution >= 4 is 28.9 Å². The number of hydrogen-bond donors (Lipinski definition) is 1. The number of anilines is 2. The van der Waals surface area contributed by atoms with Crippen LogP contribution in [-0.2, 0) is 6.42 Å². The molecular formula is C17H17ClN2O. The number of nitrogen functional groups attached to an aromatic ring is 1. The molecule has 1 heterocycles. The lowest BCUT2D eigenvalue weighted by Gasteiger charge is -2.35. The SMILES string of the molecule is CC1CCc2ccccc2N1C(=O)c1cccc(N)c1Cl. The van der Waals surface area contributed by atoms with Gasteiger partial charge in [0, 0.05) is 11.7 Å². The van der Waals surface area contributed by atoms with E-state index < -0.39 is 0 Å². The van der Waals surface area contributed by atoms with Crippen molar-refractivity contribution in [2.24, 2.45) is 0 Å². The fraction of sp³-hybridized carbons (Fsp3) is 0.235. The molecule has 2 aromatic rings. The van der Waals surface area contributed by atoms with Crippen LogP contribution in [0.4, 0.5) is 11.4 Å². The maximum Gasteiger partial charge on any atom is 0.260 e. The van der Waals surface area contributed by atoms with Crippen LogP contribution >= 0.6 is 11.6 Å². The van der Waals surface area contributed by atoms with Crippen molar-refractivity contribution in [1.82, 2.24) is 0 Å². The van der Waals surface area contributed by atoms with Crippen molar-refractivity contribution in [3.05, 3.63) is 58.6 Å². The Labute approximate surface area is 129 Å². The average molecular weight is 301 g/mol. The van der Waals surface area contributed by atoms with E-state index in [1.54, 1.807) is 18.2 Å². The molecule has 0 radical (unpaired) electrons. The number of benzene rings is 2. The van der Waals surface area contributed by atoms with E-state index in [-0.39, 0.29) is 11.9 Å². The highest BCUT2D eigenvalue weighted by Gasteiger charge is 2.29. The van der Waals surface area contributed by atoms with Crippen LogP contribution in [0.2, 0.25) is 5.02 Å². The summed E-state index contributed by atoms with van der Waals surface area (Å²) in [7, 11) is 0. The summed E-state index contributed by atoms with van der Waals surface area (Å²) in [4.78, 5) is 14.8. The molecule has 0 bridgehead atoms. The number of nitrogens with two attached hydrogens (primary N) is 1. The summed E-state index contributed by atoms with van der Waals surface area (Å²) in [6.45, 7) is 2.06. The van der Waals surface area contributed by atoms with Gasteiger partial charge in [0.25, 0.3) is 5.91 Å². The minimum absolute atomic E-state index is 0.0908. The summed E-state index contributed by atoms with van der Waals surface area (Å²) in [6, 6.07) is 13.4. The highest BCUT2D eigenvalue weighted by Crippen LogP contribution is 2.33. The maximum atomic E-state index is 12.9. The molecule has 21 heavy (non-hydrogen) atoms. The molecule has 0 spiro atoms. The fourth-order valence-electron chi connectivity index (χ4n) is 2.84. The van der Waals surface area contributed by atoms with Crippen LogP contribution in [0.5, 0.6) is 0 Å². The van der Waals surface area contributed by atoms with E-state index in [0.717, 1.165) is 18.5 Å².